The molecular formula is C17H17F4N5O2S. The number of aromatic nitrogens is 4. The molecule has 0 aliphatic rings. The molecule has 2 heterocycles. The van der Waals surface area contributed by atoms with Crippen molar-refractivity contribution >= 4 is 17.3 Å². The highest BCUT2D eigenvalue weighted by molar-refractivity contribution is 7.09. The van der Waals surface area contributed by atoms with E-state index < -0.39 is 12.1 Å². The smallest absolute Gasteiger partial charge is 0.475 e. The van der Waals surface area contributed by atoms with Crippen LogP contribution in [0.15, 0.2) is 35.8 Å². The molecule has 156 valence electrons. The molecule has 0 saturated carbocycles. The van der Waals surface area contributed by atoms with Crippen LogP contribution < -0.4 is 5.32 Å². The number of carboxylic acid groups (broad SMARTS) is 1. The largest absolute Gasteiger partial charge is 0.490 e. The SMILES string of the molecule is Cc1c(C(C)NCc2nccs2)nnn1-c1ccc(F)cc1.O=C(O)C(F)(F)F. The van der Waals surface area contributed by atoms with E-state index in [9.17, 15) is 17.6 Å². The van der Waals surface area contributed by atoms with Gasteiger partial charge in [-0.15, -0.1) is 16.4 Å². The third-order valence-corrected chi connectivity index (χ3v) is 4.48. The average molecular weight is 431 g/mol. The van der Waals surface area contributed by atoms with Crippen molar-refractivity contribution in [1.82, 2.24) is 25.3 Å². The highest BCUT2D eigenvalue weighted by Gasteiger charge is 2.38. The van der Waals surface area contributed by atoms with Crippen LogP contribution in [-0.2, 0) is 11.3 Å². The van der Waals surface area contributed by atoms with Crippen molar-refractivity contribution in [2.75, 3.05) is 0 Å². The van der Waals surface area contributed by atoms with E-state index in [0.29, 0.717) is 6.54 Å². The summed E-state index contributed by atoms with van der Waals surface area (Å²) in [6.45, 7) is 4.70. The summed E-state index contributed by atoms with van der Waals surface area (Å²) in [5.74, 6) is -3.02. The minimum Gasteiger partial charge on any atom is -0.475 e. The van der Waals surface area contributed by atoms with E-state index in [2.05, 4.69) is 20.6 Å². The van der Waals surface area contributed by atoms with Crippen LogP contribution in [0.2, 0.25) is 0 Å². The lowest BCUT2D eigenvalue weighted by Crippen LogP contribution is -2.21. The second-order valence-electron chi connectivity index (χ2n) is 5.78. The highest BCUT2D eigenvalue weighted by Crippen LogP contribution is 2.18. The Morgan fingerprint density at radius 1 is 1.31 bits per heavy atom. The topological polar surface area (TPSA) is 92.9 Å². The van der Waals surface area contributed by atoms with Crippen LogP contribution in [0, 0.1) is 12.7 Å². The molecule has 0 saturated heterocycles. The molecular weight excluding hydrogens is 414 g/mol. The zero-order valence-corrected chi connectivity index (χ0v) is 16.1. The predicted molar refractivity (Wildman–Crippen MR) is 97.1 cm³/mol. The molecule has 12 heteroatoms. The van der Waals surface area contributed by atoms with Crippen molar-refractivity contribution in [1.29, 1.82) is 0 Å². The molecule has 1 atom stereocenters. The Kier molecular flexibility index (Phi) is 7.40. The third-order valence-electron chi connectivity index (χ3n) is 3.70. The number of halogens is 4. The van der Waals surface area contributed by atoms with Gasteiger partial charge < -0.3 is 10.4 Å². The van der Waals surface area contributed by atoms with Gasteiger partial charge in [-0.05, 0) is 38.1 Å². The molecule has 0 aliphatic carbocycles. The number of hydrogen-bond donors (Lipinski definition) is 2. The fraction of sp³-hybridized carbons (Fsp3) is 0.294. The Balaban J connectivity index is 0.000000370. The number of carbonyl (C=O) groups is 1. The molecule has 3 rings (SSSR count). The molecule has 29 heavy (non-hydrogen) atoms. The van der Waals surface area contributed by atoms with E-state index in [1.807, 2.05) is 19.2 Å². The summed E-state index contributed by atoms with van der Waals surface area (Å²) in [4.78, 5) is 13.1. The maximum atomic E-state index is 13.0. The predicted octanol–water partition coefficient (Wildman–Crippen LogP) is 3.66. The number of benzene rings is 1. The first-order valence-electron chi connectivity index (χ1n) is 8.19. The van der Waals surface area contributed by atoms with Gasteiger partial charge in [0, 0.05) is 18.1 Å². The van der Waals surface area contributed by atoms with Crippen molar-refractivity contribution in [2.45, 2.75) is 32.6 Å². The molecule has 2 aromatic heterocycles. The van der Waals surface area contributed by atoms with E-state index in [1.165, 1.54) is 12.1 Å². The van der Waals surface area contributed by atoms with Gasteiger partial charge in [-0.1, -0.05) is 5.21 Å². The quantitative estimate of drug-likeness (QED) is 0.599. The standard InChI is InChI=1S/C15H16FN5S.C2HF3O2/c1-10(18-9-14-17-7-8-22-14)15-11(2)21(20-19-15)13-5-3-12(16)4-6-13;3-2(4,5)1(6)7/h3-8,10,18H,9H2,1-2H3;(H,6,7). The molecule has 2 N–H and O–H groups in total. The maximum Gasteiger partial charge on any atom is 0.490 e. The second-order valence-corrected chi connectivity index (χ2v) is 6.76. The van der Waals surface area contributed by atoms with Gasteiger partial charge in [0.1, 0.15) is 16.5 Å². The summed E-state index contributed by atoms with van der Waals surface area (Å²) in [6.07, 6.45) is -3.29. The van der Waals surface area contributed by atoms with Gasteiger partial charge in [-0.2, -0.15) is 13.2 Å². The molecule has 0 spiro atoms. The third kappa shape index (κ3) is 6.32. The van der Waals surface area contributed by atoms with Crippen LogP contribution in [0.25, 0.3) is 5.69 Å². The van der Waals surface area contributed by atoms with Crippen LogP contribution >= 0.6 is 11.3 Å². The second kappa shape index (κ2) is 9.56. The fourth-order valence-electron chi connectivity index (χ4n) is 2.25. The lowest BCUT2D eigenvalue weighted by Gasteiger charge is -2.11. The molecule has 0 fully saturated rings. The van der Waals surface area contributed by atoms with Crippen molar-refractivity contribution in [2.24, 2.45) is 0 Å². The summed E-state index contributed by atoms with van der Waals surface area (Å²) in [6, 6.07) is 6.27. The minimum absolute atomic E-state index is 0.0538. The summed E-state index contributed by atoms with van der Waals surface area (Å²) >= 11 is 1.62. The first kappa shape index (κ1) is 22.4. The molecule has 1 unspecified atom stereocenters. The minimum atomic E-state index is -5.08. The zero-order chi connectivity index (χ0) is 21.6. The van der Waals surface area contributed by atoms with Gasteiger partial charge in [0.2, 0.25) is 0 Å². The fourth-order valence-corrected chi connectivity index (χ4v) is 2.81. The summed E-state index contributed by atoms with van der Waals surface area (Å²) in [7, 11) is 0. The van der Waals surface area contributed by atoms with E-state index in [4.69, 9.17) is 9.90 Å². The van der Waals surface area contributed by atoms with E-state index in [1.54, 1.807) is 34.3 Å². The zero-order valence-electron chi connectivity index (χ0n) is 15.3. The van der Waals surface area contributed by atoms with Crippen molar-refractivity contribution in [3.63, 3.8) is 0 Å². The van der Waals surface area contributed by atoms with Gasteiger partial charge >= 0.3 is 12.1 Å². The summed E-state index contributed by atoms with van der Waals surface area (Å²) in [5, 5.41) is 21.9. The summed E-state index contributed by atoms with van der Waals surface area (Å²) in [5.41, 5.74) is 2.61. The Bertz CT molecular complexity index is 926. The number of carboxylic acids is 1. The van der Waals surface area contributed by atoms with Gasteiger partial charge in [-0.25, -0.2) is 18.9 Å². The Morgan fingerprint density at radius 2 is 1.93 bits per heavy atom. The van der Waals surface area contributed by atoms with Crippen LogP contribution in [0.1, 0.15) is 29.4 Å². The Labute approximate surface area is 167 Å². The lowest BCUT2D eigenvalue weighted by molar-refractivity contribution is -0.192. The molecule has 1 aromatic carbocycles. The van der Waals surface area contributed by atoms with Gasteiger partial charge in [0.15, 0.2) is 0 Å². The molecule has 7 nitrogen and oxygen atoms in total. The highest BCUT2D eigenvalue weighted by atomic mass is 32.1. The van der Waals surface area contributed by atoms with E-state index >= 15 is 0 Å². The lowest BCUT2D eigenvalue weighted by atomic mass is 10.2. The first-order valence-corrected chi connectivity index (χ1v) is 9.07. The number of thiazole rings is 1. The van der Waals surface area contributed by atoms with E-state index in [0.717, 1.165) is 22.1 Å². The van der Waals surface area contributed by atoms with Gasteiger partial charge in [0.05, 0.1) is 17.4 Å². The number of hydrogen-bond acceptors (Lipinski definition) is 6. The maximum absolute atomic E-state index is 13.0. The van der Waals surface area contributed by atoms with Gasteiger partial charge in [-0.3, -0.25) is 0 Å². The Morgan fingerprint density at radius 3 is 2.45 bits per heavy atom. The normalized spacial score (nSPS) is 12.2. The molecule has 0 radical (unpaired) electrons. The van der Waals surface area contributed by atoms with Gasteiger partial charge in [0.25, 0.3) is 0 Å². The molecule has 3 aromatic rings. The van der Waals surface area contributed by atoms with E-state index in [-0.39, 0.29) is 11.9 Å². The molecule has 0 aliphatic heterocycles. The van der Waals surface area contributed by atoms with Crippen LogP contribution in [-0.4, -0.2) is 37.2 Å². The number of rotatable bonds is 5. The first-order chi connectivity index (χ1) is 13.6. The average Bonchev–Trinajstić information content (AvgIpc) is 3.30. The van der Waals surface area contributed by atoms with Crippen molar-refractivity contribution in [3.8, 4) is 5.69 Å². The van der Waals surface area contributed by atoms with Crippen LogP contribution in [0.5, 0.6) is 0 Å². The Hall–Kier alpha value is -2.86. The molecule has 0 amide bonds. The summed E-state index contributed by atoms with van der Waals surface area (Å²) < 4.78 is 46.5. The monoisotopic (exact) mass is 431 g/mol. The van der Waals surface area contributed by atoms with Crippen LogP contribution in [0.3, 0.4) is 0 Å². The number of nitrogens with zero attached hydrogens (tertiary/aromatic N) is 4. The van der Waals surface area contributed by atoms with Crippen LogP contribution in [0.4, 0.5) is 17.6 Å². The number of nitrogens with one attached hydrogen (secondary N) is 1. The number of aliphatic carboxylic acids is 1. The number of alkyl halides is 3. The van der Waals surface area contributed by atoms with Crippen molar-refractivity contribution < 1.29 is 27.5 Å². The van der Waals surface area contributed by atoms with Crippen molar-refractivity contribution in [3.05, 3.63) is 58.1 Å². The molecule has 0 bridgehead atoms.